The van der Waals surface area contributed by atoms with Gasteiger partial charge in [0.05, 0.1) is 12.2 Å². The fourth-order valence-corrected chi connectivity index (χ4v) is 1.90. The topological polar surface area (TPSA) is 40.5 Å². The molecular weight excluding hydrogens is 176 g/mol. The Morgan fingerprint density at radius 1 is 1.21 bits per heavy atom. The molecule has 0 unspecified atom stereocenters. The first-order valence-corrected chi connectivity index (χ1v) is 5.59. The molecule has 2 N–H and O–H groups in total. The van der Waals surface area contributed by atoms with E-state index in [-0.39, 0.29) is 6.61 Å². The van der Waals surface area contributed by atoms with E-state index in [1.807, 2.05) is 13.0 Å². The molecule has 0 rings (SSSR count). The minimum atomic E-state index is -0.603. The van der Waals surface area contributed by atoms with Gasteiger partial charge in [0.15, 0.2) is 0 Å². The van der Waals surface area contributed by atoms with Crippen molar-refractivity contribution in [3.8, 4) is 0 Å². The summed E-state index contributed by atoms with van der Waals surface area (Å²) in [5.74, 6) is 0. The van der Waals surface area contributed by atoms with Crippen LogP contribution in [0.4, 0.5) is 0 Å². The minimum Gasteiger partial charge on any atom is -0.392 e. The van der Waals surface area contributed by atoms with Crippen LogP contribution in [0.2, 0.25) is 0 Å². The van der Waals surface area contributed by atoms with Gasteiger partial charge in [-0.25, -0.2) is 0 Å². The molecule has 0 heterocycles. The zero-order valence-electron chi connectivity index (χ0n) is 9.71. The Labute approximate surface area is 87.7 Å². The summed E-state index contributed by atoms with van der Waals surface area (Å²) < 4.78 is 0. The average molecular weight is 200 g/mol. The molecule has 0 saturated carbocycles. The van der Waals surface area contributed by atoms with Crippen molar-refractivity contribution in [1.82, 2.24) is 0 Å². The van der Waals surface area contributed by atoms with Gasteiger partial charge in [0.25, 0.3) is 0 Å². The maximum absolute atomic E-state index is 10.3. The lowest BCUT2D eigenvalue weighted by Crippen LogP contribution is -2.29. The van der Waals surface area contributed by atoms with Crippen LogP contribution in [0.5, 0.6) is 0 Å². The van der Waals surface area contributed by atoms with E-state index in [0.29, 0.717) is 6.42 Å². The van der Waals surface area contributed by atoms with Crippen molar-refractivity contribution in [3.05, 3.63) is 11.6 Å². The van der Waals surface area contributed by atoms with Gasteiger partial charge in [-0.15, -0.1) is 0 Å². The Balaban J connectivity index is 4.33. The van der Waals surface area contributed by atoms with E-state index in [4.69, 9.17) is 5.11 Å². The van der Waals surface area contributed by atoms with Crippen molar-refractivity contribution in [1.29, 1.82) is 0 Å². The van der Waals surface area contributed by atoms with Crippen LogP contribution in [0, 0.1) is 0 Å². The first-order valence-electron chi connectivity index (χ1n) is 5.59. The standard InChI is InChI=1S/C12H24O2/c1-4-7-12(14,8-5-2)9-11(6-3)10-13/h6,13-14H,4-5,7-10H2,1-3H3/b11-6+. The second kappa shape index (κ2) is 7.02. The smallest absolute Gasteiger partial charge is 0.0685 e. The molecule has 84 valence electrons. The lowest BCUT2D eigenvalue weighted by molar-refractivity contribution is 0.0194. The van der Waals surface area contributed by atoms with E-state index < -0.39 is 5.60 Å². The van der Waals surface area contributed by atoms with E-state index in [9.17, 15) is 5.11 Å². The molecule has 0 aliphatic carbocycles. The molecule has 0 saturated heterocycles. The monoisotopic (exact) mass is 200 g/mol. The third kappa shape index (κ3) is 4.77. The number of aliphatic hydroxyl groups is 2. The fourth-order valence-electron chi connectivity index (χ4n) is 1.90. The number of hydrogen-bond donors (Lipinski definition) is 2. The summed E-state index contributed by atoms with van der Waals surface area (Å²) in [7, 11) is 0. The van der Waals surface area contributed by atoms with E-state index in [1.165, 1.54) is 0 Å². The molecule has 0 radical (unpaired) electrons. The van der Waals surface area contributed by atoms with Crippen LogP contribution in [0.15, 0.2) is 11.6 Å². The predicted octanol–water partition coefficient (Wildman–Crippen LogP) is 2.65. The van der Waals surface area contributed by atoms with Crippen molar-refractivity contribution >= 4 is 0 Å². The Hall–Kier alpha value is -0.340. The first kappa shape index (κ1) is 13.7. The van der Waals surface area contributed by atoms with Crippen molar-refractivity contribution in [2.45, 2.75) is 58.5 Å². The van der Waals surface area contributed by atoms with E-state index >= 15 is 0 Å². The highest BCUT2D eigenvalue weighted by Gasteiger charge is 2.25. The van der Waals surface area contributed by atoms with Gasteiger partial charge in [-0.1, -0.05) is 32.8 Å². The van der Waals surface area contributed by atoms with Crippen LogP contribution >= 0.6 is 0 Å². The van der Waals surface area contributed by atoms with E-state index in [1.54, 1.807) is 0 Å². The molecule has 2 nitrogen and oxygen atoms in total. The molecule has 0 aliphatic rings. The molecule has 0 aliphatic heterocycles. The highest BCUT2D eigenvalue weighted by molar-refractivity contribution is 5.05. The maximum atomic E-state index is 10.3. The molecule has 0 amide bonds. The highest BCUT2D eigenvalue weighted by atomic mass is 16.3. The molecule has 0 bridgehead atoms. The lowest BCUT2D eigenvalue weighted by atomic mass is 9.86. The van der Waals surface area contributed by atoms with Gasteiger partial charge < -0.3 is 10.2 Å². The summed E-state index contributed by atoms with van der Waals surface area (Å²) in [6.45, 7) is 6.12. The molecule has 0 atom stereocenters. The minimum absolute atomic E-state index is 0.0617. The largest absolute Gasteiger partial charge is 0.392 e. The number of aliphatic hydroxyl groups excluding tert-OH is 1. The summed E-state index contributed by atoms with van der Waals surface area (Å²) in [5.41, 5.74) is 0.336. The maximum Gasteiger partial charge on any atom is 0.0685 e. The molecule has 0 spiro atoms. The van der Waals surface area contributed by atoms with Gasteiger partial charge >= 0.3 is 0 Å². The van der Waals surface area contributed by atoms with Gasteiger partial charge in [0, 0.05) is 0 Å². The number of allylic oxidation sites excluding steroid dienone is 1. The molecule has 2 heteroatoms. The highest BCUT2D eigenvalue weighted by Crippen LogP contribution is 2.26. The van der Waals surface area contributed by atoms with Crippen LogP contribution in [-0.4, -0.2) is 22.4 Å². The predicted molar refractivity (Wildman–Crippen MR) is 60.2 cm³/mol. The Morgan fingerprint density at radius 3 is 2.00 bits per heavy atom. The van der Waals surface area contributed by atoms with Crippen LogP contribution in [0.1, 0.15) is 52.9 Å². The Bertz CT molecular complexity index is 167. The summed E-state index contributed by atoms with van der Waals surface area (Å²) in [5, 5.41) is 19.3. The van der Waals surface area contributed by atoms with Crippen molar-refractivity contribution in [3.63, 3.8) is 0 Å². The Kier molecular flexibility index (Phi) is 6.85. The number of hydrogen-bond acceptors (Lipinski definition) is 2. The lowest BCUT2D eigenvalue weighted by Gasteiger charge is -2.28. The summed E-state index contributed by atoms with van der Waals surface area (Å²) >= 11 is 0. The second-order valence-corrected chi connectivity index (χ2v) is 4.01. The summed E-state index contributed by atoms with van der Waals surface area (Å²) in [4.78, 5) is 0. The quantitative estimate of drug-likeness (QED) is 0.620. The normalized spacial score (nSPS) is 13.4. The van der Waals surface area contributed by atoms with Crippen molar-refractivity contribution in [2.75, 3.05) is 6.61 Å². The van der Waals surface area contributed by atoms with Crippen molar-refractivity contribution in [2.24, 2.45) is 0 Å². The first-order chi connectivity index (χ1) is 6.61. The molecular formula is C12H24O2. The van der Waals surface area contributed by atoms with Gasteiger partial charge in [-0.05, 0) is 31.8 Å². The summed E-state index contributed by atoms with van der Waals surface area (Å²) in [6, 6.07) is 0. The van der Waals surface area contributed by atoms with Crippen molar-refractivity contribution < 1.29 is 10.2 Å². The molecule has 0 aromatic rings. The zero-order chi connectivity index (χ0) is 11.0. The zero-order valence-corrected chi connectivity index (χ0v) is 9.71. The van der Waals surface area contributed by atoms with Gasteiger partial charge in [0.2, 0.25) is 0 Å². The molecule has 0 aromatic carbocycles. The van der Waals surface area contributed by atoms with Gasteiger partial charge in [0.1, 0.15) is 0 Å². The van der Waals surface area contributed by atoms with Gasteiger partial charge in [-0.3, -0.25) is 0 Å². The summed E-state index contributed by atoms with van der Waals surface area (Å²) in [6.07, 6.45) is 6.12. The van der Waals surface area contributed by atoms with Crippen LogP contribution in [0.25, 0.3) is 0 Å². The Morgan fingerprint density at radius 2 is 1.71 bits per heavy atom. The number of rotatable bonds is 7. The molecule has 0 aromatic heterocycles. The SMILES string of the molecule is C/C=C(/CO)CC(O)(CCC)CCC. The van der Waals surface area contributed by atoms with Crippen LogP contribution < -0.4 is 0 Å². The molecule has 0 fully saturated rings. The van der Waals surface area contributed by atoms with E-state index in [2.05, 4.69) is 13.8 Å². The molecule has 14 heavy (non-hydrogen) atoms. The second-order valence-electron chi connectivity index (χ2n) is 4.01. The average Bonchev–Trinajstić information content (AvgIpc) is 2.15. The van der Waals surface area contributed by atoms with Gasteiger partial charge in [-0.2, -0.15) is 0 Å². The third-order valence-electron chi connectivity index (χ3n) is 2.60. The van der Waals surface area contributed by atoms with Crippen LogP contribution in [-0.2, 0) is 0 Å². The fraction of sp³-hybridized carbons (Fsp3) is 0.833. The van der Waals surface area contributed by atoms with Crippen LogP contribution in [0.3, 0.4) is 0 Å². The van der Waals surface area contributed by atoms with E-state index in [0.717, 1.165) is 31.3 Å². The third-order valence-corrected chi connectivity index (χ3v) is 2.60.